The van der Waals surface area contributed by atoms with Gasteiger partial charge in [0.25, 0.3) is 0 Å². The highest BCUT2D eigenvalue weighted by Gasteiger charge is 2.03. The Labute approximate surface area is 73.8 Å². The topological polar surface area (TPSA) is 35.5 Å². The number of methoxy groups -OCH3 is 1. The van der Waals surface area contributed by atoms with Gasteiger partial charge in [0.1, 0.15) is 5.75 Å². The lowest BCUT2D eigenvalue weighted by atomic mass is 10.2. The van der Waals surface area contributed by atoms with Gasteiger partial charge in [-0.05, 0) is 24.3 Å². The maximum atomic E-state index is 11.0. The second-order valence-electron chi connectivity index (χ2n) is 2.22. The lowest BCUT2D eigenvalue weighted by Crippen LogP contribution is -2.00. The molecule has 4 heteroatoms. The van der Waals surface area contributed by atoms with Crippen molar-refractivity contribution < 1.29 is 14.0 Å². The predicted octanol–water partition coefficient (Wildman–Crippen LogP) is 0.132. The molecule has 1 aromatic carbocycles. The summed E-state index contributed by atoms with van der Waals surface area (Å²) in [6.07, 6.45) is 0. The Morgan fingerprint density at radius 2 is 1.92 bits per heavy atom. The van der Waals surface area contributed by atoms with Gasteiger partial charge in [0.2, 0.25) is 10.5 Å². The molecule has 1 aromatic rings. The van der Waals surface area contributed by atoms with E-state index in [0.29, 0.717) is 16.0 Å². The third-order valence-electron chi connectivity index (χ3n) is 1.51. The molecule has 0 aliphatic heterocycles. The summed E-state index contributed by atoms with van der Waals surface area (Å²) in [5.41, 5.74) is 0.542. The summed E-state index contributed by atoms with van der Waals surface area (Å²) in [6, 6.07) is 6.86. The molecule has 0 atom stereocenters. The summed E-state index contributed by atoms with van der Waals surface area (Å²) >= 11 is 0. The molecule has 0 heterocycles. The molecule has 1 rings (SSSR count). The zero-order valence-corrected chi connectivity index (χ0v) is 9.03. The number of rotatable bonds is 2. The Balaban J connectivity index is 2.84. The lowest BCUT2D eigenvalue weighted by Gasteiger charge is -2.01. The van der Waals surface area contributed by atoms with Gasteiger partial charge in [-0.25, -0.2) is 4.79 Å². The van der Waals surface area contributed by atoms with E-state index in [1.54, 1.807) is 24.3 Å². The molecule has 0 saturated heterocycles. The molecular weight excluding hydrogens is 172 g/mol. The fourth-order valence-electron chi connectivity index (χ4n) is 0.845. The van der Waals surface area contributed by atoms with Crippen LogP contribution in [0, 0.1) is 0 Å². The Morgan fingerprint density at radius 1 is 1.33 bits per heavy atom. The van der Waals surface area contributed by atoms with Crippen LogP contribution >= 0.6 is 0 Å². The number of benzene rings is 1. The standard InChI is InChI=1S/C8H10O3Si/c1-10-8(9)6-2-4-7(11-12)5-3-6/h2-5H,1,12H3. The Bertz CT molecular complexity index is 268. The zero-order chi connectivity index (χ0) is 8.97. The van der Waals surface area contributed by atoms with Crippen LogP contribution in [0.15, 0.2) is 24.3 Å². The predicted molar refractivity (Wildman–Crippen MR) is 48.3 cm³/mol. The molecule has 0 unspecified atom stereocenters. The van der Waals surface area contributed by atoms with Crippen molar-refractivity contribution in [1.29, 1.82) is 0 Å². The van der Waals surface area contributed by atoms with E-state index in [0.717, 1.165) is 5.75 Å². The number of carbonyl (C=O) groups excluding carboxylic acids is 1. The number of ether oxygens (including phenoxy) is 1. The van der Waals surface area contributed by atoms with E-state index in [4.69, 9.17) is 4.43 Å². The maximum absolute atomic E-state index is 11.0. The van der Waals surface area contributed by atoms with E-state index >= 15 is 0 Å². The van der Waals surface area contributed by atoms with Crippen LogP contribution in [0.2, 0.25) is 0 Å². The molecule has 0 fully saturated rings. The fourth-order valence-corrected chi connectivity index (χ4v) is 1.12. The first kappa shape index (κ1) is 8.80. The van der Waals surface area contributed by atoms with Crippen molar-refractivity contribution in [3.05, 3.63) is 29.8 Å². The molecule has 0 aliphatic rings. The van der Waals surface area contributed by atoms with E-state index in [1.165, 1.54) is 7.11 Å². The van der Waals surface area contributed by atoms with Crippen molar-refractivity contribution in [3.63, 3.8) is 0 Å². The molecule has 0 aromatic heterocycles. The first-order valence-corrected chi connectivity index (χ1v) is 4.32. The Morgan fingerprint density at radius 3 is 2.33 bits per heavy atom. The molecule has 0 aliphatic carbocycles. The summed E-state index contributed by atoms with van der Waals surface area (Å²) < 4.78 is 9.61. The molecule has 0 saturated carbocycles. The number of carbonyl (C=O) groups is 1. The summed E-state index contributed by atoms with van der Waals surface area (Å²) in [4.78, 5) is 11.0. The summed E-state index contributed by atoms with van der Waals surface area (Å²) in [6.45, 7) is 0. The van der Waals surface area contributed by atoms with E-state index in [2.05, 4.69) is 4.74 Å². The summed E-state index contributed by atoms with van der Waals surface area (Å²) in [5, 5.41) is 0. The van der Waals surface area contributed by atoms with Gasteiger partial charge in [-0.15, -0.1) is 0 Å². The number of esters is 1. The van der Waals surface area contributed by atoms with E-state index < -0.39 is 0 Å². The van der Waals surface area contributed by atoms with Gasteiger partial charge in [-0.1, -0.05) is 0 Å². The first-order valence-electron chi connectivity index (χ1n) is 3.50. The number of hydrogen-bond donors (Lipinski definition) is 0. The van der Waals surface area contributed by atoms with Gasteiger partial charge in [0, 0.05) is 0 Å². The van der Waals surface area contributed by atoms with Crippen LogP contribution in [0.25, 0.3) is 0 Å². The SMILES string of the molecule is COC(=O)c1ccc(O[SiH3])cc1. The van der Waals surface area contributed by atoms with E-state index in [1.807, 2.05) is 0 Å². The van der Waals surface area contributed by atoms with Gasteiger partial charge in [0.05, 0.1) is 12.7 Å². The molecule has 0 N–H and O–H groups in total. The number of hydrogen-bond acceptors (Lipinski definition) is 3. The van der Waals surface area contributed by atoms with Gasteiger partial charge in [-0.3, -0.25) is 0 Å². The molecule has 0 amide bonds. The molecular formula is C8H10O3Si. The molecule has 12 heavy (non-hydrogen) atoms. The van der Waals surface area contributed by atoms with Crippen LogP contribution in [-0.2, 0) is 4.74 Å². The molecule has 0 radical (unpaired) electrons. The van der Waals surface area contributed by atoms with Crippen molar-refractivity contribution in [1.82, 2.24) is 0 Å². The minimum absolute atomic E-state index is 0.324. The van der Waals surface area contributed by atoms with Crippen molar-refractivity contribution in [3.8, 4) is 5.75 Å². The lowest BCUT2D eigenvalue weighted by molar-refractivity contribution is 0.0601. The third kappa shape index (κ3) is 1.85. The zero-order valence-electron chi connectivity index (χ0n) is 7.03. The largest absolute Gasteiger partial charge is 0.553 e. The van der Waals surface area contributed by atoms with Crippen LogP contribution in [0.5, 0.6) is 5.75 Å². The third-order valence-corrected chi connectivity index (χ3v) is 1.98. The maximum Gasteiger partial charge on any atom is 0.337 e. The van der Waals surface area contributed by atoms with Crippen molar-refractivity contribution in [2.45, 2.75) is 0 Å². The minimum Gasteiger partial charge on any atom is -0.553 e. The second-order valence-corrected chi connectivity index (χ2v) is 2.63. The van der Waals surface area contributed by atoms with Crippen molar-refractivity contribution in [2.24, 2.45) is 0 Å². The molecule has 64 valence electrons. The minimum atomic E-state index is -0.324. The van der Waals surface area contributed by atoms with E-state index in [-0.39, 0.29) is 5.97 Å². The van der Waals surface area contributed by atoms with Crippen molar-refractivity contribution in [2.75, 3.05) is 7.11 Å². The average molecular weight is 182 g/mol. The highest BCUT2D eigenvalue weighted by atomic mass is 28.2. The Hall–Kier alpha value is -1.29. The van der Waals surface area contributed by atoms with Gasteiger partial charge in [-0.2, -0.15) is 0 Å². The first-order chi connectivity index (χ1) is 5.77. The summed E-state index contributed by atoms with van der Waals surface area (Å²) in [5.74, 6) is 0.462. The fraction of sp³-hybridized carbons (Fsp3) is 0.125. The van der Waals surface area contributed by atoms with Crippen LogP contribution in [0.1, 0.15) is 10.4 Å². The monoisotopic (exact) mass is 182 g/mol. The van der Waals surface area contributed by atoms with Crippen LogP contribution in [-0.4, -0.2) is 23.6 Å². The highest BCUT2D eigenvalue weighted by molar-refractivity contribution is 6.00. The van der Waals surface area contributed by atoms with Gasteiger partial charge >= 0.3 is 5.97 Å². The van der Waals surface area contributed by atoms with Crippen LogP contribution in [0.3, 0.4) is 0 Å². The highest BCUT2D eigenvalue weighted by Crippen LogP contribution is 2.11. The molecule has 3 nitrogen and oxygen atoms in total. The molecule has 0 bridgehead atoms. The van der Waals surface area contributed by atoms with Gasteiger partial charge in [0.15, 0.2) is 0 Å². The molecule has 0 spiro atoms. The quantitative estimate of drug-likeness (QED) is 0.482. The Kier molecular flexibility index (Phi) is 2.87. The van der Waals surface area contributed by atoms with Gasteiger partial charge < -0.3 is 9.16 Å². The van der Waals surface area contributed by atoms with Crippen molar-refractivity contribution >= 4 is 16.5 Å². The summed E-state index contributed by atoms with van der Waals surface area (Å²) in [7, 11) is 2.02. The average Bonchev–Trinajstić information content (AvgIpc) is 2.17. The normalized spacial score (nSPS) is 9.42. The second kappa shape index (κ2) is 3.92. The smallest absolute Gasteiger partial charge is 0.337 e. The van der Waals surface area contributed by atoms with Crippen LogP contribution in [0.4, 0.5) is 0 Å². The van der Waals surface area contributed by atoms with Crippen LogP contribution < -0.4 is 4.43 Å². The van der Waals surface area contributed by atoms with E-state index in [9.17, 15) is 4.79 Å².